The lowest BCUT2D eigenvalue weighted by Crippen LogP contribution is -2.43. The fourth-order valence-electron chi connectivity index (χ4n) is 3.86. The highest BCUT2D eigenvalue weighted by Crippen LogP contribution is 2.44. The number of aromatic hydroxyl groups is 3. The number of rotatable bonds is 3. The molecule has 164 valence electrons. The van der Waals surface area contributed by atoms with Crippen LogP contribution in [-0.4, -0.2) is 51.0 Å². The molecular formula is C22H22O9. The van der Waals surface area contributed by atoms with Crippen molar-refractivity contribution in [2.75, 3.05) is 7.11 Å². The van der Waals surface area contributed by atoms with Crippen LogP contribution in [0, 0.1) is 0 Å². The number of aliphatic hydroxyl groups excluding tert-OH is 2. The van der Waals surface area contributed by atoms with Crippen molar-refractivity contribution in [2.24, 2.45) is 0 Å². The fourth-order valence-corrected chi connectivity index (χ4v) is 3.86. The van der Waals surface area contributed by atoms with Gasteiger partial charge in [0, 0.05) is 24.1 Å². The number of phenols is 3. The van der Waals surface area contributed by atoms with E-state index in [1.54, 1.807) is 13.0 Å². The van der Waals surface area contributed by atoms with Gasteiger partial charge in [0.05, 0.1) is 31.0 Å². The second-order valence-corrected chi connectivity index (χ2v) is 7.52. The standard InChI is InChI=1S/C22H22O9/c1-9-21(27)14(26)8-17(30-9)19-13(25)7-18-20(22(19)28)12(24)6-16(31-18)10-3-4-15(29-2)11(23)5-10/h3-7,9,14,17,21,23,25-28H,8H2,1-2H3/t9?,14-,17-,21+/m1/s1. The van der Waals surface area contributed by atoms with Crippen LogP contribution in [0.2, 0.25) is 0 Å². The van der Waals surface area contributed by atoms with Crippen molar-refractivity contribution < 1.29 is 39.4 Å². The van der Waals surface area contributed by atoms with Gasteiger partial charge >= 0.3 is 0 Å². The molecule has 1 fully saturated rings. The maximum atomic E-state index is 12.8. The molecule has 0 spiro atoms. The first-order valence-electron chi connectivity index (χ1n) is 9.63. The first kappa shape index (κ1) is 21.0. The summed E-state index contributed by atoms with van der Waals surface area (Å²) in [5.41, 5.74) is -0.315. The Morgan fingerprint density at radius 1 is 1.06 bits per heavy atom. The average molecular weight is 430 g/mol. The van der Waals surface area contributed by atoms with Gasteiger partial charge in [0.2, 0.25) is 0 Å². The predicted octanol–water partition coefficient (Wildman–Crippen LogP) is 2.16. The van der Waals surface area contributed by atoms with Crippen LogP contribution in [0.25, 0.3) is 22.3 Å². The molecule has 2 aromatic carbocycles. The summed E-state index contributed by atoms with van der Waals surface area (Å²) in [6, 6.07) is 6.80. The average Bonchev–Trinajstić information content (AvgIpc) is 2.71. The van der Waals surface area contributed by atoms with Gasteiger partial charge < -0.3 is 39.4 Å². The minimum Gasteiger partial charge on any atom is -0.507 e. The van der Waals surface area contributed by atoms with Gasteiger partial charge in [-0.2, -0.15) is 0 Å². The van der Waals surface area contributed by atoms with E-state index in [2.05, 4.69) is 0 Å². The van der Waals surface area contributed by atoms with Crippen molar-refractivity contribution in [3.05, 3.63) is 46.1 Å². The van der Waals surface area contributed by atoms with E-state index < -0.39 is 35.6 Å². The van der Waals surface area contributed by atoms with Gasteiger partial charge in [-0.1, -0.05) is 0 Å². The summed E-state index contributed by atoms with van der Waals surface area (Å²) in [5, 5.41) is 51.1. The number of methoxy groups -OCH3 is 1. The summed E-state index contributed by atoms with van der Waals surface area (Å²) in [6.45, 7) is 1.56. The van der Waals surface area contributed by atoms with Crippen molar-refractivity contribution in [3.63, 3.8) is 0 Å². The molecule has 4 rings (SSSR count). The van der Waals surface area contributed by atoms with E-state index in [0.29, 0.717) is 5.56 Å². The van der Waals surface area contributed by atoms with Crippen LogP contribution in [0.4, 0.5) is 0 Å². The van der Waals surface area contributed by atoms with Crippen LogP contribution >= 0.6 is 0 Å². The van der Waals surface area contributed by atoms with Crippen molar-refractivity contribution in [3.8, 4) is 34.3 Å². The first-order chi connectivity index (χ1) is 14.7. The molecule has 1 aromatic heterocycles. The minimum atomic E-state index is -1.12. The largest absolute Gasteiger partial charge is 0.507 e. The van der Waals surface area contributed by atoms with Gasteiger partial charge in [-0.05, 0) is 25.1 Å². The zero-order valence-corrected chi connectivity index (χ0v) is 16.8. The Morgan fingerprint density at radius 3 is 2.45 bits per heavy atom. The Hall–Kier alpha value is -3.27. The molecule has 1 aliphatic rings. The maximum absolute atomic E-state index is 12.8. The van der Waals surface area contributed by atoms with E-state index in [4.69, 9.17) is 13.9 Å². The van der Waals surface area contributed by atoms with E-state index in [-0.39, 0.29) is 46.0 Å². The second-order valence-electron chi connectivity index (χ2n) is 7.52. The molecule has 4 atom stereocenters. The number of phenolic OH excluding ortho intramolecular Hbond substituents is 3. The van der Waals surface area contributed by atoms with E-state index >= 15 is 0 Å². The van der Waals surface area contributed by atoms with Gasteiger partial charge in [-0.3, -0.25) is 4.79 Å². The quantitative estimate of drug-likeness (QED) is 0.421. The summed E-state index contributed by atoms with van der Waals surface area (Å²) >= 11 is 0. The van der Waals surface area contributed by atoms with Crippen LogP contribution in [0.3, 0.4) is 0 Å². The molecule has 0 aliphatic carbocycles. The van der Waals surface area contributed by atoms with Gasteiger partial charge in [0.1, 0.15) is 34.3 Å². The molecule has 0 radical (unpaired) electrons. The summed E-state index contributed by atoms with van der Waals surface area (Å²) in [5.74, 6) is -0.686. The molecule has 1 unspecified atom stereocenters. The topological polar surface area (TPSA) is 150 Å². The summed E-state index contributed by atoms with van der Waals surface area (Å²) < 4.78 is 16.3. The van der Waals surface area contributed by atoms with Gasteiger partial charge in [0.15, 0.2) is 16.9 Å². The zero-order valence-electron chi connectivity index (χ0n) is 16.8. The Morgan fingerprint density at radius 2 is 1.81 bits per heavy atom. The van der Waals surface area contributed by atoms with Gasteiger partial charge in [-0.25, -0.2) is 0 Å². The monoisotopic (exact) mass is 430 g/mol. The van der Waals surface area contributed by atoms with Gasteiger partial charge in [0.25, 0.3) is 0 Å². The van der Waals surface area contributed by atoms with Crippen LogP contribution in [-0.2, 0) is 4.74 Å². The van der Waals surface area contributed by atoms with Crippen molar-refractivity contribution in [1.29, 1.82) is 0 Å². The maximum Gasteiger partial charge on any atom is 0.197 e. The van der Waals surface area contributed by atoms with Crippen LogP contribution in [0.1, 0.15) is 25.0 Å². The summed E-state index contributed by atoms with van der Waals surface area (Å²) in [6.07, 6.45) is -3.98. The normalized spacial score (nSPS) is 23.7. The molecule has 0 bridgehead atoms. The number of fused-ring (bicyclic) bond motifs is 1. The lowest BCUT2D eigenvalue weighted by atomic mass is 9.92. The number of hydrogen-bond acceptors (Lipinski definition) is 9. The van der Waals surface area contributed by atoms with Gasteiger partial charge in [-0.15, -0.1) is 0 Å². The van der Waals surface area contributed by atoms with E-state index in [1.165, 1.54) is 25.3 Å². The third-order valence-corrected chi connectivity index (χ3v) is 5.51. The lowest BCUT2D eigenvalue weighted by molar-refractivity contribution is -0.164. The summed E-state index contributed by atoms with van der Waals surface area (Å²) in [4.78, 5) is 12.8. The SMILES string of the molecule is COc1ccc(-c2cc(=O)c3c(O)c([C@H]4C[C@@H](O)[C@@H](O)C(C)O4)c(O)cc3o2)cc1O. The molecule has 5 N–H and O–H groups in total. The second kappa shape index (κ2) is 7.77. The molecule has 1 aliphatic heterocycles. The molecule has 0 amide bonds. The van der Waals surface area contributed by atoms with E-state index in [1.807, 2.05) is 0 Å². The predicted molar refractivity (Wildman–Crippen MR) is 109 cm³/mol. The molecule has 31 heavy (non-hydrogen) atoms. The number of hydrogen-bond donors (Lipinski definition) is 5. The Balaban J connectivity index is 1.82. The lowest BCUT2D eigenvalue weighted by Gasteiger charge is -2.36. The molecule has 1 saturated heterocycles. The highest BCUT2D eigenvalue weighted by atomic mass is 16.5. The molecule has 2 heterocycles. The Bertz CT molecular complexity index is 1190. The number of benzene rings is 2. The molecule has 9 heteroatoms. The fraction of sp³-hybridized carbons (Fsp3) is 0.318. The smallest absolute Gasteiger partial charge is 0.197 e. The highest BCUT2D eigenvalue weighted by molar-refractivity contribution is 5.88. The third-order valence-electron chi connectivity index (χ3n) is 5.51. The van der Waals surface area contributed by atoms with E-state index in [9.17, 15) is 30.3 Å². The van der Waals surface area contributed by atoms with Crippen molar-refractivity contribution >= 4 is 11.0 Å². The Labute approximate surface area is 176 Å². The van der Waals surface area contributed by atoms with E-state index in [0.717, 1.165) is 6.07 Å². The first-order valence-corrected chi connectivity index (χ1v) is 9.63. The molecule has 9 nitrogen and oxygen atoms in total. The van der Waals surface area contributed by atoms with Crippen LogP contribution in [0.5, 0.6) is 23.0 Å². The minimum absolute atomic E-state index is 0.0626. The third kappa shape index (κ3) is 3.56. The van der Waals surface area contributed by atoms with Crippen LogP contribution < -0.4 is 10.2 Å². The number of aliphatic hydroxyl groups is 2. The summed E-state index contributed by atoms with van der Waals surface area (Å²) in [7, 11) is 1.41. The molecule has 0 saturated carbocycles. The Kier molecular flexibility index (Phi) is 5.26. The van der Waals surface area contributed by atoms with Crippen molar-refractivity contribution in [2.45, 2.75) is 37.8 Å². The van der Waals surface area contributed by atoms with Crippen LogP contribution in [0.15, 0.2) is 39.5 Å². The molecular weight excluding hydrogens is 408 g/mol. The molecule has 3 aromatic rings. The number of ether oxygens (including phenoxy) is 2. The zero-order chi connectivity index (χ0) is 22.4. The highest BCUT2D eigenvalue weighted by Gasteiger charge is 2.37. The van der Waals surface area contributed by atoms with Crippen molar-refractivity contribution in [1.82, 2.24) is 0 Å².